The van der Waals surface area contributed by atoms with Crippen molar-refractivity contribution in [2.45, 2.75) is 4.90 Å². The van der Waals surface area contributed by atoms with Crippen molar-refractivity contribution in [2.24, 2.45) is 10.2 Å². The van der Waals surface area contributed by atoms with Gasteiger partial charge in [-0.15, -0.1) is 5.11 Å². The average Bonchev–Trinajstić information content (AvgIpc) is 2.60. The first kappa shape index (κ1) is 17.6. The van der Waals surface area contributed by atoms with Gasteiger partial charge < -0.3 is 15.6 Å². The van der Waals surface area contributed by atoms with Crippen LogP contribution < -0.4 is 10.5 Å². The molecule has 0 aliphatic carbocycles. The molecule has 0 aliphatic rings. The van der Waals surface area contributed by atoms with Crippen molar-refractivity contribution in [2.75, 3.05) is 12.8 Å². The minimum atomic E-state index is -4.65. The van der Waals surface area contributed by atoms with E-state index in [2.05, 4.69) is 10.2 Å². The molecular formula is C17H15N3O5S. The molecule has 0 aromatic heterocycles. The smallest absolute Gasteiger partial charge is 0.296 e. The highest BCUT2D eigenvalue weighted by molar-refractivity contribution is 7.86. The number of aromatic hydroxyl groups is 1. The molecule has 0 atom stereocenters. The maximum atomic E-state index is 11.7. The zero-order valence-electron chi connectivity index (χ0n) is 13.6. The van der Waals surface area contributed by atoms with Crippen molar-refractivity contribution in [1.82, 2.24) is 0 Å². The molecule has 0 fully saturated rings. The van der Waals surface area contributed by atoms with E-state index in [4.69, 9.17) is 10.5 Å². The summed E-state index contributed by atoms with van der Waals surface area (Å²) < 4.78 is 38.0. The maximum Gasteiger partial charge on any atom is 0.296 e. The van der Waals surface area contributed by atoms with Gasteiger partial charge in [-0.1, -0.05) is 0 Å². The quantitative estimate of drug-likeness (QED) is 0.362. The third-order valence-corrected chi connectivity index (χ3v) is 4.56. The third kappa shape index (κ3) is 3.44. The van der Waals surface area contributed by atoms with E-state index in [1.54, 1.807) is 30.3 Å². The highest BCUT2D eigenvalue weighted by atomic mass is 32.2. The van der Waals surface area contributed by atoms with Gasteiger partial charge in [0, 0.05) is 11.1 Å². The van der Waals surface area contributed by atoms with E-state index in [9.17, 15) is 18.1 Å². The Labute approximate surface area is 149 Å². The molecule has 0 saturated heterocycles. The summed E-state index contributed by atoms with van der Waals surface area (Å²) in [6, 6.07) is 12.3. The SMILES string of the molecule is COc1ccc(N=Nc2c(S(=O)(=O)O)cc3cc(N)ccc3c2O)cc1. The van der Waals surface area contributed by atoms with Crippen LogP contribution in [0.3, 0.4) is 0 Å². The summed E-state index contributed by atoms with van der Waals surface area (Å²) in [5.41, 5.74) is 6.11. The molecular weight excluding hydrogens is 358 g/mol. The van der Waals surface area contributed by atoms with Crippen molar-refractivity contribution in [1.29, 1.82) is 0 Å². The largest absolute Gasteiger partial charge is 0.505 e. The number of phenols is 1. The zero-order valence-corrected chi connectivity index (χ0v) is 14.4. The van der Waals surface area contributed by atoms with Crippen LogP contribution in [0.15, 0.2) is 63.7 Å². The highest BCUT2D eigenvalue weighted by Crippen LogP contribution is 2.41. The predicted octanol–water partition coefficient (Wildman–Crippen LogP) is 3.80. The van der Waals surface area contributed by atoms with E-state index in [0.29, 0.717) is 27.9 Å². The van der Waals surface area contributed by atoms with Gasteiger partial charge in [0.15, 0.2) is 5.75 Å². The van der Waals surface area contributed by atoms with E-state index < -0.39 is 20.8 Å². The van der Waals surface area contributed by atoms with Crippen LogP contribution in [-0.4, -0.2) is 25.2 Å². The summed E-state index contributed by atoms with van der Waals surface area (Å²) in [4.78, 5) is -0.564. The standard InChI is InChI=1S/C17H15N3O5S/c1-25-13-5-3-12(4-6-13)19-20-16-15(26(22,23)24)9-10-8-11(18)2-7-14(10)17(16)21/h2-9,21H,18H2,1H3,(H,22,23,24). The number of fused-ring (bicyclic) bond motifs is 1. The zero-order chi connectivity index (χ0) is 18.9. The van der Waals surface area contributed by atoms with Gasteiger partial charge >= 0.3 is 0 Å². The van der Waals surface area contributed by atoms with E-state index in [-0.39, 0.29) is 5.69 Å². The lowest BCUT2D eigenvalue weighted by atomic mass is 10.1. The minimum absolute atomic E-state index is 0.329. The second-order valence-electron chi connectivity index (χ2n) is 5.43. The van der Waals surface area contributed by atoms with Gasteiger partial charge in [0.1, 0.15) is 16.3 Å². The summed E-state index contributed by atoms with van der Waals surface area (Å²) in [7, 11) is -3.13. The average molecular weight is 373 g/mol. The molecule has 26 heavy (non-hydrogen) atoms. The van der Waals surface area contributed by atoms with Crippen LogP contribution >= 0.6 is 0 Å². The molecule has 0 aliphatic heterocycles. The van der Waals surface area contributed by atoms with Crippen molar-refractivity contribution in [3.63, 3.8) is 0 Å². The molecule has 134 valence electrons. The number of anilines is 1. The summed E-state index contributed by atoms with van der Waals surface area (Å²) >= 11 is 0. The Balaban J connectivity index is 2.18. The van der Waals surface area contributed by atoms with Gasteiger partial charge in [0.25, 0.3) is 10.1 Å². The Morgan fingerprint density at radius 3 is 2.35 bits per heavy atom. The molecule has 8 nitrogen and oxygen atoms in total. The topological polar surface area (TPSA) is 135 Å². The number of rotatable bonds is 4. The second kappa shape index (κ2) is 6.62. The van der Waals surface area contributed by atoms with Crippen LogP contribution in [0.1, 0.15) is 0 Å². The Morgan fingerprint density at radius 2 is 1.73 bits per heavy atom. The maximum absolute atomic E-state index is 11.7. The summed E-state index contributed by atoms with van der Waals surface area (Å²) in [5, 5.41) is 18.9. The molecule has 9 heteroatoms. The number of hydrogen-bond acceptors (Lipinski definition) is 7. The fourth-order valence-electron chi connectivity index (χ4n) is 2.42. The van der Waals surface area contributed by atoms with Crippen LogP contribution in [0.2, 0.25) is 0 Å². The number of nitrogens with zero attached hydrogens (tertiary/aromatic N) is 2. The van der Waals surface area contributed by atoms with Gasteiger partial charge in [0.2, 0.25) is 0 Å². The van der Waals surface area contributed by atoms with E-state index in [1.807, 2.05) is 0 Å². The van der Waals surface area contributed by atoms with Gasteiger partial charge in [-0.25, -0.2) is 0 Å². The summed E-state index contributed by atoms with van der Waals surface area (Å²) in [6.45, 7) is 0. The number of azo groups is 1. The number of nitrogens with two attached hydrogens (primary N) is 1. The fraction of sp³-hybridized carbons (Fsp3) is 0.0588. The van der Waals surface area contributed by atoms with Crippen LogP contribution in [0.25, 0.3) is 10.8 Å². The molecule has 0 saturated carbocycles. The molecule has 4 N–H and O–H groups in total. The van der Waals surface area contributed by atoms with E-state index in [1.165, 1.54) is 25.3 Å². The number of ether oxygens (including phenoxy) is 1. The second-order valence-corrected chi connectivity index (χ2v) is 6.82. The Kier molecular flexibility index (Phi) is 4.49. The number of nitrogen functional groups attached to an aromatic ring is 1. The molecule has 3 rings (SSSR count). The molecule has 0 spiro atoms. The van der Waals surface area contributed by atoms with Gasteiger partial charge in [0.05, 0.1) is 12.8 Å². The van der Waals surface area contributed by atoms with Crippen molar-refractivity contribution in [3.8, 4) is 11.5 Å². The summed E-state index contributed by atoms with van der Waals surface area (Å²) in [5.74, 6) is 0.195. The molecule has 3 aromatic rings. The van der Waals surface area contributed by atoms with Crippen molar-refractivity contribution in [3.05, 3.63) is 48.5 Å². The van der Waals surface area contributed by atoms with E-state index in [0.717, 1.165) is 0 Å². The summed E-state index contributed by atoms with van der Waals surface area (Å²) in [6.07, 6.45) is 0. The van der Waals surface area contributed by atoms with Crippen LogP contribution in [0, 0.1) is 0 Å². The monoisotopic (exact) mass is 373 g/mol. The predicted molar refractivity (Wildman–Crippen MR) is 97.0 cm³/mol. The van der Waals surface area contributed by atoms with Crippen molar-refractivity contribution >= 4 is 38.0 Å². The lowest BCUT2D eigenvalue weighted by Gasteiger charge is -2.09. The van der Waals surface area contributed by atoms with Crippen LogP contribution in [-0.2, 0) is 10.1 Å². The van der Waals surface area contributed by atoms with Gasteiger partial charge in [-0.2, -0.15) is 13.5 Å². The lowest BCUT2D eigenvalue weighted by molar-refractivity contribution is 0.415. The van der Waals surface area contributed by atoms with Crippen LogP contribution in [0.4, 0.5) is 17.1 Å². The number of methoxy groups -OCH3 is 1. The fourth-order valence-corrected chi connectivity index (χ4v) is 3.08. The minimum Gasteiger partial charge on any atom is -0.505 e. The molecule has 0 bridgehead atoms. The first-order chi connectivity index (χ1) is 12.3. The molecule has 0 amide bonds. The normalized spacial score (nSPS) is 11.9. The first-order valence-corrected chi connectivity index (χ1v) is 8.82. The van der Waals surface area contributed by atoms with Gasteiger partial charge in [-0.3, -0.25) is 4.55 Å². The Morgan fingerprint density at radius 1 is 1.04 bits per heavy atom. The van der Waals surface area contributed by atoms with Gasteiger partial charge in [-0.05, 0) is 53.9 Å². The third-order valence-electron chi connectivity index (χ3n) is 3.69. The molecule has 3 aromatic carbocycles. The molecule has 0 heterocycles. The molecule has 0 unspecified atom stereocenters. The van der Waals surface area contributed by atoms with Crippen LogP contribution in [0.5, 0.6) is 11.5 Å². The lowest BCUT2D eigenvalue weighted by Crippen LogP contribution is -1.99. The number of hydrogen-bond donors (Lipinski definition) is 3. The Bertz CT molecular complexity index is 1110. The van der Waals surface area contributed by atoms with Crippen molar-refractivity contribution < 1.29 is 22.8 Å². The first-order valence-electron chi connectivity index (χ1n) is 7.38. The van der Waals surface area contributed by atoms with E-state index >= 15 is 0 Å². The highest BCUT2D eigenvalue weighted by Gasteiger charge is 2.22. The number of phenolic OH excluding ortho intramolecular Hbond substituents is 1. The molecule has 0 radical (unpaired) electrons. The number of benzene rings is 3. The Hall–Kier alpha value is -3.17.